The number of halogens is 2. The van der Waals surface area contributed by atoms with Gasteiger partial charge in [0.2, 0.25) is 0 Å². The van der Waals surface area contributed by atoms with Gasteiger partial charge in [-0.05, 0) is 31.4 Å². The van der Waals surface area contributed by atoms with E-state index in [9.17, 15) is 5.11 Å². The van der Waals surface area contributed by atoms with Crippen molar-refractivity contribution >= 4 is 24.8 Å². The monoisotopic (exact) mass is 399 g/mol. The summed E-state index contributed by atoms with van der Waals surface area (Å²) in [6.45, 7) is 6.32. The summed E-state index contributed by atoms with van der Waals surface area (Å²) in [6, 6.07) is 14.3. The van der Waals surface area contributed by atoms with E-state index in [1.807, 2.05) is 30.3 Å². The number of benzene rings is 2. The molecule has 0 amide bonds. The van der Waals surface area contributed by atoms with E-state index in [2.05, 4.69) is 37.9 Å². The van der Waals surface area contributed by atoms with Gasteiger partial charge in [0.15, 0.2) is 0 Å². The molecule has 5 heteroatoms. The molecule has 0 saturated carbocycles. The third-order valence-corrected chi connectivity index (χ3v) is 3.80. The molecule has 2 rings (SSSR count). The summed E-state index contributed by atoms with van der Waals surface area (Å²) in [5.41, 5.74) is 3.86. The minimum atomic E-state index is -0.556. The Morgan fingerprint density at radius 1 is 1.08 bits per heavy atom. The predicted molar refractivity (Wildman–Crippen MR) is 102 cm³/mol. The van der Waals surface area contributed by atoms with Crippen molar-refractivity contribution in [3.8, 4) is 16.9 Å². The summed E-state index contributed by atoms with van der Waals surface area (Å²) in [7, 11) is 9.78. The number of phenols is 1. The van der Waals surface area contributed by atoms with Crippen molar-refractivity contribution < 1.29 is 22.1 Å². The molecule has 24 heavy (non-hydrogen) atoms. The van der Waals surface area contributed by atoms with Crippen LogP contribution in [0.2, 0.25) is 0 Å². The molecule has 1 N–H and O–H groups in total. The molecule has 0 heterocycles. The summed E-state index contributed by atoms with van der Waals surface area (Å²) in [4.78, 5) is 4.56. The molecular formula is C19H23Cl2NOTi. The molecule has 0 atom stereocenters. The van der Waals surface area contributed by atoms with Gasteiger partial charge in [0.05, 0.1) is 0 Å². The van der Waals surface area contributed by atoms with Crippen molar-refractivity contribution in [2.24, 2.45) is 4.99 Å². The molecular weight excluding hydrogens is 377 g/mol. The van der Waals surface area contributed by atoms with Crippen LogP contribution in [0.25, 0.3) is 11.1 Å². The third-order valence-electron chi connectivity index (χ3n) is 3.80. The first-order valence-electron chi connectivity index (χ1n) is 7.95. The number of phenolic OH excluding ortho intramolecular Hbond substituents is 1. The van der Waals surface area contributed by atoms with Gasteiger partial charge in [-0.25, -0.2) is 0 Å². The van der Waals surface area contributed by atoms with Crippen LogP contribution in [-0.4, -0.2) is 17.4 Å². The quantitative estimate of drug-likeness (QED) is 0.460. The molecule has 0 spiro atoms. The van der Waals surface area contributed by atoms with Crippen LogP contribution in [0.15, 0.2) is 47.5 Å². The van der Waals surface area contributed by atoms with Crippen LogP contribution in [0.1, 0.15) is 37.8 Å². The number of aliphatic imine (C=N–C) groups is 1. The Hall–Kier alpha value is -0.796. The van der Waals surface area contributed by atoms with Gasteiger partial charge >= 0.3 is 35.6 Å². The molecule has 0 aliphatic carbocycles. The van der Waals surface area contributed by atoms with Crippen LogP contribution in [0.4, 0.5) is 0 Å². The normalized spacial score (nSPS) is 10.6. The summed E-state index contributed by atoms with van der Waals surface area (Å²) in [6.07, 6.45) is 3.83. The SMILES string of the molecule is CCC(CC)N=Cc1cccc(-c2ccc(C)cc2)c1O.[Cl][Ti][Cl]. The maximum absolute atomic E-state index is 10.5. The average molecular weight is 400 g/mol. The molecule has 2 aromatic carbocycles. The number of rotatable bonds is 5. The van der Waals surface area contributed by atoms with Crippen molar-refractivity contribution in [3.63, 3.8) is 0 Å². The van der Waals surface area contributed by atoms with Crippen molar-refractivity contribution in [2.75, 3.05) is 0 Å². The Balaban J connectivity index is 0.000000891. The molecule has 0 radical (unpaired) electrons. The number of aryl methyl sites for hydroxylation is 1. The Morgan fingerprint density at radius 2 is 1.67 bits per heavy atom. The zero-order valence-electron chi connectivity index (χ0n) is 14.3. The van der Waals surface area contributed by atoms with Crippen molar-refractivity contribution in [3.05, 3.63) is 53.6 Å². The van der Waals surface area contributed by atoms with Crippen LogP contribution in [0, 0.1) is 6.92 Å². The summed E-state index contributed by atoms with van der Waals surface area (Å²) < 4.78 is 0. The summed E-state index contributed by atoms with van der Waals surface area (Å²) >= 11 is -0.556. The molecule has 0 bridgehead atoms. The van der Waals surface area contributed by atoms with Crippen LogP contribution < -0.4 is 0 Å². The van der Waals surface area contributed by atoms with E-state index in [0.717, 1.165) is 29.5 Å². The van der Waals surface area contributed by atoms with E-state index in [1.165, 1.54) is 5.56 Å². The topological polar surface area (TPSA) is 32.6 Å². The van der Waals surface area contributed by atoms with E-state index in [1.54, 1.807) is 6.21 Å². The van der Waals surface area contributed by atoms with E-state index in [-0.39, 0.29) is 0 Å². The second-order valence-electron chi connectivity index (χ2n) is 5.43. The Bertz CT molecular complexity index is 640. The summed E-state index contributed by atoms with van der Waals surface area (Å²) in [5, 5.41) is 10.5. The average Bonchev–Trinajstić information content (AvgIpc) is 2.59. The van der Waals surface area contributed by atoms with Crippen LogP contribution in [-0.2, 0) is 17.0 Å². The molecule has 0 aliphatic rings. The van der Waals surface area contributed by atoms with Gasteiger partial charge in [-0.3, -0.25) is 4.99 Å². The van der Waals surface area contributed by atoms with Gasteiger partial charge in [-0.15, -0.1) is 0 Å². The van der Waals surface area contributed by atoms with Crippen molar-refractivity contribution in [1.29, 1.82) is 0 Å². The maximum atomic E-state index is 10.5. The van der Waals surface area contributed by atoms with Crippen LogP contribution >= 0.6 is 18.6 Å². The zero-order chi connectivity index (χ0) is 17.9. The summed E-state index contributed by atoms with van der Waals surface area (Å²) in [5.74, 6) is 0.302. The molecule has 0 unspecified atom stereocenters. The van der Waals surface area contributed by atoms with Crippen molar-refractivity contribution in [2.45, 2.75) is 39.7 Å². The molecule has 0 aliphatic heterocycles. The Labute approximate surface area is 161 Å². The van der Waals surface area contributed by atoms with Gasteiger partial charge in [0, 0.05) is 23.4 Å². The molecule has 2 nitrogen and oxygen atoms in total. The molecule has 0 saturated heterocycles. The van der Waals surface area contributed by atoms with Crippen LogP contribution in [0.5, 0.6) is 5.75 Å². The fourth-order valence-corrected chi connectivity index (χ4v) is 2.32. The standard InChI is InChI=1S/C19H23NO.2ClH.Ti/c1-4-17(5-2)20-13-16-7-6-8-18(19(16)21)15-11-9-14(3)10-12-15;;;/h6-13,17,21H,4-5H2,1-3H3;2*1H;/q;;;+2/p-2. The zero-order valence-corrected chi connectivity index (χ0v) is 17.3. The Kier molecular flexibility index (Phi) is 10.4. The first kappa shape index (κ1) is 21.2. The first-order chi connectivity index (χ1) is 11.6. The number of hydrogen-bond acceptors (Lipinski definition) is 2. The molecule has 128 valence electrons. The Morgan fingerprint density at radius 3 is 2.21 bits per heavy atom. The third kappa shape index (κ3) is 6.60. The van der Waals surface area contributed by atoms with Gasteiger partial charge < -0.3 is 5.11 Å². The van der Waals surface area contributed by atoms with Gasteiger partial charge in [-0.1, -0.05) is 55.8 Å². The molecule has 0 fully saturated rings. The van der Waals surface area contributed by atoms with E-state index in [4.69, 9.17) is 18.6 Å². The van der Waals surface area contributed by atoms with E-state index < -0.39 is 17.0 Å². The number of hydrogen-bond donors (Lipinski definition) is 1. The predicted octanol–water partition coefficient (Wildman–Crippen LogP) is 6.35. The number of para-hydroxylation sites is 1. The minimum absolute atomic E-state index is 0.302. The molecule has 2 aromatic rings. The second-order valence-corrected chi connectivity index (χ2v) is 8.01. The fraction of sp³-hybridized carbons (Fsp3) is 0.316. The first-order valence-corrected chi connectivity index (χ1v) is 12.2. The van der Waals surface area contributed by atoms with E-state index >= 15 is 0 Å². The van der Waals surface area contributed by atoms with Gasteiger partial charge in [-0.2, -0.15) is 0 Å². The van der Waals surface area contributed by atoms with Crippen molar-refractivity contribution in [1.82, 2.24) is 0 Å². The van der Waals surface area contributed by atoms with E-state index in [0.29, 0.717) is 11.8 Å². The fourth-order valence-electron chi connectivity index (χ4n) is 2.32. The number of nitrogens with zero attached hydrogens (tertiary/aromatic N) is 1. The van der Waals surface area contributed by atoms with Gasteiger partial charge in [0.1, 0.15) is 5.75 Å². The second kappa shape index (κ2) is 11.7. The van der Waals surface area contributed by atoms with Gasteiger partial charge in [0.25, 0.3) is 0 Å². The van der Waals surface area contributed by atoms with Crippen LogP contribution in [0.3, 0.4) is 0 Å². The number of aromatic hydroxyl groups is 1. The molecule has 0 aromatic heterocycles.